The number of rotatable bonds is 4. The number of carbonyl (C=O) groups excluding carboxylic acids is 1. The van der Waals surface area contributed by atoms with E-state index in [4.69, 9.17) is 9.57 Å². The van der Waals surface area contributed by atoms with E-state index < -0.39 is 11.7 Å². The SMILES string of the molecule is C=C[C@@H](c1ccccc1)N(OC)C(=O)OC(C)(C)C. The number of benzene rings is 1. The van der Waals surface area contributed by atoms with Gasteiger partial charge in [-0.05, 0) is 26.3 Å². The van der Waals surface area contributed by atoms with E-state index in [0.717, 1.165) is 5.56 Å². The number of amides is 1. The summed E-state index contributed by atoms with van der Waals surface area (Å²) >= 11 is 0. The Morgan fingerprint density at radius 3 is 2.32 bits per heavy atom. The van der Waals surface area contributed by atoms with Gasteiger partial charge in [-0.15, -0.1) is 6.58 Å². The maximum absolute atomic E-state index is 12.1. The van der Waals surface area contributed by atoms with Gasteiger partial charge in [0.15, 0.2) is 0 Å². The van der Waals surface area contributed by atoms with E-state index in [2.05, 4.69) is 6.58 Å². The maximum atomic E-state index is 12.1. The Hall–Kier alpha value is -1.81. The fourth-order valence-corrected chi connectivity index (χ4v) is 1.63. The summed E-state index contributed by atoms with van der Waals surface area (Å²) in [6.07, 6.45) is 1.10. The molecule has 0 aliphatic heterocycles. The second-order valence-corrected chi connectivity index (χ2v) is 5.08. The largest absolute Gasteiger partial charge is 0.442 e. The Morgan fingerprint density at radius 1 is 1.32 bits per heavy atom. The molecule has 1 aromatic rings. The van der Waals surface area contributed by atoms with Gasteiger partial charge in [-0.2, -0.15) is 5.06 Å². The third kappa shape index (κ3) is 4.41. The molecule has 0 aliphatic rings. The molecule has 1 atom stereocenters. The van der Waals surface area contributed by atoms with Crippen molar-refractivity contribution in [2.75, 3.05) is 7.11 Å². The summed E-state index contributed by atoms with van der Waals surface area (Å²) in [4.78, 5) is 17.2. The molecule has 0 N–H and O–H groups in total. The quantitative estimate of drug-likeness (QED) is 0.614. The standard InChI is InChI=1S/C15H21NO3/c1-6-13(12-10-8-7-9-11-12)16(18-5)14(17)19-15(2,3)4/h6-11,13H,1H2,2-5H3/t13-/m0/s1. The molecular weight excluding hydrogens is 242 g/mol. The molecule has 0 radical (unpaired) electrons. The van der Waals surface area contributed by atoms with E-state index in [9.17, 15) is 4.79 Å². The number of hydroxylamine groups is 2. The summed E-state index contributed by atoms with van der Waals surface area (Å²) in [7, 11) is 1.43. The Balaban J connectivity index is 2.94. The zero-order valence-electron chi connectivity index (χ0n) is 11.9. The second-order valence-electron chi connectivity index (χ2n) is 5.08. The average molecular weight is 263 g/mol. The second kappa shape index (κ2) is 6.38. The predicted molar refractivity (Wildman–Crippen MR) is 74.5 cm³/mol. The van der Waals surface area contributed by atoms with Crippen LogP contribution in [0.5, 0.6) is 0 Å². The molecule has 0 unspecified atom stereocenters. The Kier molecular flexibility index (Phi) is 5.12. The highest BCUT2D eigenvalue weighted by Crippen LogP contribution is 2.24. The molecule has 1 amide bonds. The molecule has 19 heavy (non-hydrogen) atoms. The molecule has 104 valence electrons. The predicted octanol–water partition coefficient (Wildman–Crippen LogP) is 3.71. The van der Waals surface area contributed by atoms with Gasteiger partial charge in [0.05, 0.1) is 7.11 Å². The summed E-state index contributed by atoms with van der Waals surface area (Å²) in [6.45, 7) is 9.18. The molecule has 0 spiro atoms. The van der Waals surface area contributed by atoms with E-state index in [-0.39, 0.29) is 6.04 Å². The maximum Gasteiger partial charge on any atom is 0.435 e. The summed E-state index contributed by atoms with van der Waals surface area (Å²) in [5.74, 6) is 0. The topological polar surface area (TPSA) is 38.8 Å². The van der Waals surface area contributed by atoms with Crippen LogP contribution in [-0.4, -0.2) is 23.9 Å². The van der Waals surface area contributed by atoms with Crippen LogP contribution in [0.25, 0.3) is 0 Å². The van der Waals surface area contributed by atoms with Crippen LogP contribution in [0, 0.1) is 0 Å². The van der Waals surface area contributed by atoms with Crippen molar-refractivity contribution in [3.8, 4) is 0 Å². The summed E-state index contributed by atoms with van der Waals surface area (Å²) in [6, 6.07) is 9.13. The molecule has 0 fully saturated rings. The number of hydrogen-bond acceptors (Lipinski definition) is 3. The zero-order valence-corrected chi connectivity index (χ0v) is 11.9. The van der Waals surface area contributed by atoms with Gasteiger partial charge in [-0.3, -0.25) is 4.84 Å². The lowest BCUT2D eigenvalue weighted by Crippen LogP contribution is -2.38. The fourth-order valence-electron chi connectivity index (χ4n) is 1.63. The minimum absolute atomic E-state index is 0.388. The van der Waals surface area contributed by atoms with Crippen LogP contribution in [-0.2, 0) is 9.57 Å². The van der Waals surface area contributed by atoms with Gasteiger partial charge < -0.3 is 4.74 Å². The monoisotopic (exact) mass is 263 g/mol. The molecule has 1 rings (SSSR count). The highest BCUT2D eigenvalue weighted by molar-refractivity contribution is 5.68. The minimum Gasteiger partial charge on any atom is -0.442 e. The van der Waals surface area contributed by atoms with E-state index >= 15 is 0 Å². The molecule has 4 heteroatoms. The minimum atomic E-state index is -0.573. The third-order valence-corrected chi connectivity index (χ3v) is 2.39. The number of nitrogens with zero attached hydrogens (tertiary/aromatic N) is 1. The first-order valence-corrected chi connectivity index (χ1v) is 6.13. The summed E-state index contributed by atoms with van der Waals surface area (Å²) in [5.41, 5.74) is 0.334. The van der Waals surface area contributed by atoms with Gasteiger partial charge in [0.2, 0.25) is 0 Å². The van der Waals surface area contributed by atoms with Gasteiger partial charge in [0, 0.05) is 0 Å². The first-order valence-electron chi connectivity index (χ1n) is 6.13. The number of ether oxygens (including phenoxy) is 1. The van der Waals surface area contributed by atoms with Crippen molar-refractivity contribution in [3.05, 3.63) is 48.6 Å². The first kappa shape index (κ1) is 15.2. The normalized spacial score (nSPS) is 12.6. The Bertz CT molecular complexity index is 423. The molecule has 0 saturated heterocycles. The molecule has 4 nitrogen and oxygen atoms in total. The average Bonchev–Trinajstić information content (AvgIpc) is 2.34. The zero-order chi connectivity index (χ0) is 14.5. The van der Waals surface area contributed by atoms with Gasteiger partial charge in [-0.1, -0.05) is 36.4 Å². The van der Waals surface area contributed by atoms with Crippen molar-refractivity contribution >= 4 is 6.09 Å². The van der Waals surface area contributed by atoms with Crippen molar-refractivity contribution in [3.63, 3.8) is 0 Å². The van der Waals surface area contributed by atoms with Crippen molar-refractivity contribution < 1.29 is 14.4 Å². The summed E-state index contributed by atoms with van der Waals surface area (Å²) in [5, 5.41) is 1.17. The van der Waals surface area contributed by atoms with Gasteiger partial charge in [0.25, 0.3) is 0 Å². The van der Waals surface area contributed by atoms with Crippen LogP contribution < -0.4 is 0 Å². The van der Waals surface area contributed by atoms with Gasteiger partial charge >= 0.3 is 6.09 Å². The van der Waals surface area contributed by atoms with Crippen molar-refractivity contribution in [2.24, 2.45) is 0 Å². The van der Waals surface area contributed by atoms with Gasteiger partial charge in [0.1, 0.15) is 11.6 Å². The molecular formula is C15H21NO3. The van der Waals surface area contributed by atoms with E-state index in [1.165, 1.54) is 12.2 Å². The highest BCUT2D eigenvalue weighted by atomic mass is 16.7. The van der Waals surface area contributed by atoms with Crippen LogP contribution in [0.15, 0.2) is 43.0 Å². The van der Waals surface area contributed by atoms with Crippen molar-refractivity contribution in [2.45, 2.75) is 32.4 Å². The third-order valence-electron chi connectivity index (χ3n) is 2.39. The van der Waals surface area contributed by atoms with Crippen LogP contribution in [0.1, 0.15) is 32.4 Å². The smallest absolute Gasteiger partial charge is 0.435 e. The lowest BCUT2D eigenvalue weighted by atomic mass is 10.1. The van der Waals surface area contributed by atoms with Gasteiger partial charge in [-0.25, -0.2) is 4.79 Å². The summed E-state index contributed by atoms with van der Waals surface area (Å²) < 4.78 is 5.31. The van der Waals surface area contributed by atoms with E-state index in [0.29, 0.717) is 0 Å². The number of carbonyl (C=O) groups is 1. The van der Waals surface area contributed by atoms with Crippen LogP contribution in [0.2, 0.25) is 0 Å². The lowest BCUT2D eigenvalue weighted by Gasteiger charge is -2.30. The van der Waals surface area contributed by atoms with Crippen molar-refractivity contribution in [1.82, 2.24) is 5.06 Å². The fraction of sp³-hybridized carbons (Fsp3) is 0.400. The van der Waals surface area contributed by atoms with E-state index in [1.807, 2.05) is 51.1 Å². The van der Waals surface area contributed by atoms with Crippen LogP contribution in [0.4, 0.5) is 4.79 Å². The van der Waals surface area contributed by atoms with Crippen molar-refractivity contribution in [1.29, 1.82) is 0 Å². The number of hydrogen-bond donors (Lipinski definition) is 0. The Labute approximate surface area is 114 Å². The van der Waals surface area contributed by atoms with E-state index in [1.54, 1.807) is 6.08 Å². The Morgan fingerprint density at radius 2 is 1.89 bits per heavy atom. The van der Waals surface area contributed by atoms with Crippen LogP contribution in [0.3, 0.4) is 0 Å². The first-order chi connectivity index (χ1) is 8.89. The molecule has 1 aromatic carbocycles. The highest BCUT2D eigenvalue weighted by Gasteiger charge is 2.28. The molecule has 0 saturated carbocycles. The van der Waals surface area contributed by atoms with Crippen LogP contribution >= 0.6 is 0 Å². The molecule has 0 aliphatic carbocycles. The molecule has 0 heterocycles. The lowest BCUT2D eigenvalue weighted by molar-refractivity contribution is -0.140. The molecule has 0 aromatic heterocycles. The molecule has 0 bridgehead atoms.